The van der Waals surface area contributed by atoms with Crippen molar-refractivity contribution in [2.45, 2.75) is 18.9 Å². The van der Waals surface area contributed by atoms with Crippen LogP contribution in [0.25, 0.3) is 0 Å². The zero-order valence-electron chi connectivity index (χ0n) is 7.09. The van der Waals surface area contributed by atoms with Crippen LogP contribution in [-0.4, -0.2) is 6.04 Å². The highest BCUT2D eigenvalue weighted by molar-refractivity contribution is 5.56. The van der Waals surface area contributed by atoms with E-state index in [1.165, 1.54) is 11.3 Å². The molecule has 1 atom stereocenters. The van der Waals surface area contributed by atoms with Crippen LogP contribution in [0.5, 0.6) is 0 Å². The highest BCUT2D eigenvalue weighted by atomic mass is 14.9. The normalized spacial score (nSPS) is 19.8. The molecule has 2 rings (SSSR count). The van der Waals surface area contributed by atoms with Crippen LogP contribution in [0.3, 0.4) is 0 Å². The van der Waals surface area contributed by atoms with E-state index in [0.717, 1.165) is 12.8 Å². The largest absolute Gasteiger partial charge is 0.381 e. The van der Waals surface area contributed by atoms with Crippen LogP contribution < -0.4 is 5.32 Å². The molecule has 0 unspecified atom stereocenters. The molecule has 0 aliphatic carbocycles. The Labute approximate surface area is 73.1 Å². The standard InChI is InChI=1S/C11H13N/c1-2-5-10-8-9-6-3-4-7-11(9)12-10/h2-4,6-7,10,12H,1,5,8H2/t10-/m0/s1. The second kappa shape index (κ2) is 3.02. The maximum atomic E-state index is 3.75. The van der Waals surface area contributed by atoms with Crippen LogP contribution in [0, 0.1) is 0 Å². The maximum Gasteiger partial charge on any atom is 0.0375 e. The van der Waals surface area contributed by atoms with Crippen LogP contribution in [0.4, 0.5) is 5.69 Å². The first-order valence-corrected chi connectivity index (χ1v) is 4.35. The lowest BCUT2D eigenvalue weighted by molar-refractivity contribution is 0.766. The Balaban J connectivity index is 2.16. The summed E-state index contributed by atoms with van der Waals surface area (Å²) >= 11 is 0. The molecule has 1 nitrogen and oxygen atoms in total. The topological polar surface area (TPSA) is 12.0 Å². The van der Waals surface area contributed by atoms with Crippen LogP contribution in [0.15, 0.2) is 36.9 Å². The molecule has 1 aliphatic heterocycles. The molecule has 1 aromatic rings. The van der Waals surface area contributed by atoms with Gasteiger partial charge < -0.3 is 5.32 Å². The van der Waals surface area contributed by atoms with E-state index in [1.807, 2.05) is 6.08 Å². The molecule has 1 aliphatic rings. The van der Waals surface area contributed by atoms with Crippen LogP contribution in [0.1, 0.15) is 12.0 Å². The Bertz CT molecular complexity index is 266. The summed E-state index contributed by atoms with van der Waals surface area (Å²) < 4.78 is 0. The summed E-state index contributed by atoms with van der Waals surface area (Å²) in [7, 11) is 0. The van der Waals surface area contributed by atoms with Crippen LogP contribution in [0.2, 0.25) is 0 Å². The van der Waals surface area contributed by atoms with E-state index in [9.17, 15) is 0 Å². The molecule has 0 aromatic heterocycles. The third-order valence-corrected chi connectivity index (χ3v) is 2.29. The molecule has 0 fully saturated rings. The zero-order valence-corrected chi connectivity index (χ0v) is 7.09. The first-order valence-electron chi connectivity index (χ1n) is 4.35. The van der Waals surface area contributed by atoms with E-state index in [-0.39, 0.29) is 0 Å². The highest BCUT2D eigenvalue weighted by Crippen LogP contribution is 2.26. The van der Waals surface area contributed by atoms with Gasteiger partial charge in [-0.15, -0.1) is 6.58 Å². The molecule has 62 valence electrons. The Morgan fingerprint density at radius 1 is 1.50 bits per heavy atom. The van der Waals surface area contributed by atoms with E-state index < -0.39 is 0 Å². The Kier molecular flexibility index (Phi) is 1.86. The Hall–Kier alpha value is -1.24. The minimum absolute atomic E-state index is 0.569. The van der Waals surface area contributed by atoms with Crippen molar-refractivity contribution in [3.63, 3.8) is 0 Å². The summed E-state index contributed by atoms with van der Waals surface area (Å²) in [6.07, 6.45) is 4.17. The van der Waals surface area contributed by atoms with Gasteiger partial charge in [0.25, 0.3) is 0 Å². The third kappa shape index (κ3) is 1.22. The van der Waals surface area contributed by atoms with Crippen molar-refractivity contribution in [2.75, 3.05) is 5.32 Å². The average molecular weight is 159 g/mol. The first-order chi connectivity index (χ1) is 5.90. The van der Waals surface area contributed by atoms with Gasteiger partial charge in [-0.05, 0) is 24.5 Å². The molecule has 1 heterocycles. The quantitative estimate of drug-likeness (QED) is 0.654. The smallest absolute Gasteiger partial charge is 0.0375 e. The molecular weight excluding hydrogens is 146 g/mol. The van der Waals surface area contributed by atoms with Gasteiger partial charge in [-0.2, -0.15) is 0 Å². The van der Waals surface area contributed by atoms with Gasteiger partial charge in [-0.3, -0.25) is 0 Å². The van der Waals surface area contributed by atoms with Gasteiger partial charge in [0.2, 0.25) is 0 Å². The van der Waals surface area contributed by atoms with E-state index in [2.05, 4.69) is 36.2 Å². The molecule has 0 spiro atoms. The van der Waals surface area contributed by atoms with Crippen molar-refractivity contribution in [1.82, 2.24) is 0 Å². The molecular formula is C11H13N. The molecule has 0 saturated heterocycles. The lowest BCUT2D eigenvalue weighted by Gasteiger charge is -2.06. The molecule has 0 saturated carbocycles. The fourth-order valence-electron chi connectivity index (χ4n) is 1.72. The van der Waals surface area contributed by atoms with Crippen LogP contribution >= 0.6 is 0 Å². The summed E-state index contributed by atoms with van der Waals surface area (Å²) in [5, 5.41) is 3.46. The minimum Gasteiger partial charge on any atom is -0.381 e. The van der Waals surface area contributed by atoms with Gasteiger partial charge >= 0.3 is 0 Å². The predicted octanol–water partition coefficient (Wildman–Crippen LogP) is 2.60. The van der Waals surface area contributed by atoms with Gasteiger partial charge in [0, 0.05) is 11.7 Å². The molecule has 1 N–H and O–H groups in total. The number of nitrogens with one attached hydrogen (secondary N) is 1. The van der Waals surface area contributed by atoms with Gasteiger partial charge in [0.15, 0.2) is 0 Å². The Morgan fingerprint density at radius 3 is 3.08 bits per heavy atom. The summed E-state index contributed by atoms with van der Waals surface area (Å²) in [5.74, 6) is 0. The van der Waals surface area contributed by atoms with Gasteiger partial charge in [-0.1, -0.05) is 24.3 Å². The second-order valence-electron chi connectivity index (χ2n) is 3.23. The maximum absolute atomic E-state index is 3.75. The number of hydrogen-bond acceptors (Lipinski definition) is 1. The fraction of sp³-hybridized carbons (Fsp3) is 0.273. The number of para-hydroxylation sites is 1. The Morgan fingerprint density at radius 2 is 2.33 bits per heavy atom. The number of rotatable bonds is 2. The van der Waals surface area contributed by atoms with E-state index in [0.29, 0.717) is 6.04 Å². The zero-order chi connectivity index (χ0) is 8.39. The van der Waals surface area contributed by atoms with Crippen molar-refractivity contribution in [3.8, 4) is 0 Å². The van der Waals surface area contributed by atoms with E-state index >= 15 is 0 Å². The number of benzene rings is 1. The van der Waals surface area contributed by atoms with Crippen molar-refractivity contribution in [3.05, 3.63) is 42.5 Å². The van der Waals surface area contributed by atoms with E-state index in [1.54, 1.807) is 0 Å². The van der Waals surface area contributed by atoms with Crippen molar-refractivity contribution >= 4 is 5.69 Å². The molecule has 1 aromatic carbocycles. The summed E-state index contributed by atoms with van der Waals surface area (Å²) in [6.45, 7) is 3.75. The second-order valence-corrected chi connectivity index (χ2v) is 3.23. The van der Waals surface area contributed by atoms with Crippen molar-refractivity contribution < 1.29 is 0 Å². The fourth-order valence-corrected chi connectivity index (χ4v) is 1.72. The monoisotopic (exact) mass is 159 g/mol. The summed E-state index contributed by atoms with van der Waals surface area (Å²) in [4.78, 5) is 0. The molecule has 0 radical (unpaired) electrons. The summed E-state index contributed by atoms with van der Waals surface area (Å²) in [6, 6.07) is 9.06. The lowest BCUT2D eigenvalue weighted by Crippen LogP contribution is -2.13. The minimum atomic E-state index is 0.569. The van der Waals surface area contributed by atoms with E-state index in [4.69, 9.17) is 0 Å². The van der Waals surface area contributed by atoms with Gasteiger partial charge in [0.1, 0.15) is 0 Å². The third-order valence-electron chi connectivity index (χ3n) is 2.29. The highest BCUT2D eigenvalue weighted by Gasteiger charge is 2.17. The van der Waals surface area contributed by atoms with Gasteiger partial charge in [-0.25, -0.2) is 0 Å². The average Bonchev–Trinajstić information content (AvgIpc) is 2.47. The van der Waals surface area contributed by atoms with Crippen LogP contribution in [-0.2, 0) is 6.42 Å². The lowest BCUT2D eigenvalue weighted by atomic mass is 10.1. The van der Waals surface area contributed by atoms with Crippen molar-refractivity contribution in [2.24, 2.45) is 0 Å². The molecule has 0 bridgehead atoms. The number of fused-ring (bicyclic) bond motifs is 1. The first kappa shape index (κ1) is 7.41. The summed E-state index contributed by atoms with van der Waals surface area (Å²) in [5.41, 5.74) is 2.73. The predicted molar refractivity (Wildman–Crippen MR) is 52.4 cm³/mol. The van der Waals surface area contributed by atoms with Gasteiger partial charge in [0.05, 0.1) is 0 Å². The molecule has 1 heteroatoms. The number of hydrogen-bond donors (Lipinski definition) is 1. The number of anilines is 1. The SMILES string of the molecule is C=CC[C@H]1Cc2ccccc2N1. The van der Waals surface area contributed by atoms with Crippen molar-refractivity contribution in [1.29, 1.82) is 0 Å². The molecule has 12 heavy (non-hydrogen) atoms. The molecule has 0 amide bonds.